The van der Waals surface area contributed by atoms with Crippen LogP contribution in [0.4, 0.5) is 0 Å². The van der Waals surface area contributed by atoms with Crippen LogP contribution in [0.2, 0.25) is 0 Å². The van der Waals surface area contributed by atoms with E-state index in [1.807, 2.05) is 17.0 Å². The molecule has 1 amide bonds. The molecule has 0 spiro atoms. The average molecular weight is 247 g/mol. The van der Waals surface area contributed by atoms with Crippen LogP contribution in [0.25, 0.3) is 0 Å². The Morgan fingerprint density at radius 1 is 1.61 bits per heavy atom. The number of nitrogens with zero attached hydrogens (tertiary/aromatic N) is 2. The largest absolute Gasteiger partial charge is 0.342 e. The van der Waals surface area contributed by atoms with E-state index in [0.717, 1.165) is 31.5 Å². The molecule has 1 aromatic heterocycles. The zero-order valence-corrected chi connectivity index (χ0v) is 10.9. The molecule has 98 valence electrons. The van der Waals surface area contributed by atoms with Crippen molar-refractivity contribution in [3.63, 3.8) is 0 Å². The summed E-state index contributed by atoms with van der Waals surface area (Å²) in [7, 11) is 0. The summed E-state index contributed by atoms with van der Waals surface area (Å²) in [6, 6.07) is 4.05. The van der Waals surface area contributed by atoms with Gasteiger partial charge in [0.1, 0.15) is 0 Å². The van der Waals surface area contributed by atoms with Crippen LogP contribution in [0.15, 0.2) is 24.5 Å². The number of carbonyl (C=O) groups excluding carboxylic acids is 1. The van der Waals surface area contributed by atoms with Gasteiger partial charge in [0.2, 0.25) is 5.91 Å². The Kier molecular flexibility index (Phi) is 4.31. The maximum absolute atomic E-state index is 12.2. The van der Waals surface area contributed by atoms with Crippen LogP contribution in [-0.2, 0) is 11.2 Å². The number of carbonyl (C=O) groups is 1. The van der Waals surface area contributed by atoms with Gasteiger partial charge in [0, 0.05) is 31.5 Å². The normalized spacial score (nSPS) is 24.0. The minimum Gasteiger partial charge on any atom is -0.342 e. The zero-order valence-electron chi connectivity index (χ0n) is 10.9. The van der Waals surface area contributed by atoms with Crippen molar-refractivity contribution < 1.29 is 4.79 Å². The molecule has 0 saturated carbocycles. The van der Waals surface area contributed by atoms with Crippen LogP contribution in [-0.4, -0.2) is 34.9 Å². The molecule has 2 heterocycles. The molecular weight excluding hydrogens is 226 g/mol. The molecule has 1 aliphatic heterocycles. The second-order valence-electron chi connectivity index (χ2n) is 5.00. The van der Waals surface area contributed by atoms with Gasteiger partial charge in [0.05, 0.1) is 6.42 Å². The Morgan fingerprint density at radius 2 is 2.44 bits per heavy atom. The molecule has 0 bridgehead atoms. The lowest BCUT2D eigenvalue weighted by Gasteiger charge is -2.36. The molecule has 18 heavy (non-hydrogen) atoms. The van der Waals surface area contributed by atoms with E-state index in [0.29, 0.717) is 12.3 Å². The highest BCUT2D eigenvalue weighted by Crippen LogP contribution is 2.19. The van der Waals surface area contributed by atoms with E-state index in [2.05, 4.69) is 11.9 Å². The number of likely N-dealkylation sites (tertiary alicyclic amines) is 1. The van der Waals surface area contributed by atoms with Gasteiger partial charge < -0.3 is 10.6 Å². The summed E-state index contributed by atoms with van der Waals surface area (Å²) in [4.78, 5) is 18.2. The zero-order chi connectivity index (χ0) is 13.0. The highest BCUT2D eigenvalue weighted by molar-refractivity contribution is 5.78. The lowest BCUT2D eigenvalue weighted by molar-refractivity contribution is -0.132. The molecule has 4 nitrogen and oxygen atoms in total. The maximum Gasteiger partial charge on any atom is 0.227 e. The van der Waals surface area contributed by atoms with Gasteiger partial charge in [-0.1, -0.05) is 19.4 Å². The highest BCUT2D eigenvalue weighted by atomic mass is 16.2. The van der Waals surface area contributed by atoms with E-state index >= 15 is 0 Å². The molecule has 2 unspecified atom stereocenters. The molecular formula is C14H21N3O. The third-order valence-electron chi connectivity index (χ3n) is 3.75. The Balaban J connectivity index is 1.93. The molecule has 1 fully saturated rings. The van der Waals surface area contributed by atoms with Gasteiger partial charge in [0.25, 0.3) is 0 Å². The summed E-state index contributed by atoms with van der Waals surface area (Å²) in [5, 5.41) is 0. The molecule has 2 rings (SSSR count). The molecule has 1 saturated heterocycles. The Morgan fingerprint density at radius 3 is 3.11 bits per heavy atom. The van der Waals surface area contributed by atoms with E-state index in [1.165, 1.54) is 0 Å². The summed E-state index contributed by atoms with van der Waals surface area (Å²) < 4.78 is 0. The lowest BCUT2D eigenvalue weighted by atomic mass is 9.90. The standard InChI is InChI=1S/C14H21N3O/c1-2-12-10-17(7-5-13(12)15)14(18)8-11-4-3-6-16-9-11/h3-4,6,9,12-13H,2,5,7-8,10,15H2,1H3. The van der Waals surface area contributed by atoms with Crippen molar-refractivity contribution in [2.75, 3.05) is 13.1 Å². The molecule has 1 aromatic rings. The van der Waals surface area contributed by atoms with E-state index in [9.17, 15) is 4.79 Å². The molecule has 0 aliphatic carbocycles. The monoisotopic (exact) mass is 247 g/mol. The smallest absolute Gasteiger partial charge is 0.227 e. The molecule has 0 radical (unpaired) electrons. The minimum atomic E-state index is 0.188. The van der Waals surface area contributed by atoms with Crippen molar-refractivity contribution in [3.05, 3.63) is 30.1 Å². The van der Waals surface area contributed by atoms with Crippen molar-refractivity contribution in [1.29, 1.82) is 0 Å². The van der Waals surface area contributed by atoms with Gasteiger partial charge in [-0.2, -0.15) is 0 Å². The number of hydrogen-bond donors (Lipinski definition) is 1. The Bertz CT molecular complexity index is 393. The van der Waals surface area contributed by atoms with Crippen LogP contribution in [0, 0.1) is 5.92 Å². The van der Waals surface area contributed by atoms with E-state index < -0.39 is 0 Å². The second kappa shape index (κ2) is 5.96. The molecule has 0 aromatic carbocycles. The van der Waals surface area contributed by atoms with Gasteiger partial charge >= 0.3 is 0 Å². The van der Waals surface area contributed by atoms with Gasteiger partial charge in [-0.3, -0.25) is 9.78 Å². The topological polar surface area (TPSA) is 59.2 Å². The third-order valence-corrected chi connectivity index (χ3v) is 3.75. The number of nitrogens with two attached hydrogens (primary N) is 1. The lowest BCUT2D eigenvalue weighted by Crippen LogP contribution is -2.49. The average Bonchev–Trinajstić information content (AvgIpc) is 2.40. The first-order valence-corrected chi connectivity index (χ1v) is 6.63. The van der Waals surface area contributed by atoms with E-state index in [1.54, 1.807) is 12.4 Å². The molecule has 2 N–H and O–H groups in total. The summed E-state index contributed by atoms with van der Waals surface area (Å²) in [5.74, 6) is 0.630. The van der Waals surface area contributed by atoms with Gasteiger partial charge in [-0.05, 0) is 24.0 Å². The van der Waals surface area contributed by atoms with E-state index in [-0.39, 0.29) is 11.9 Å². The maximum atomic E-state index is 12.2. The predicted molar refractivity (Wildman–Crippen MR) is 70.9 cm³/mol. The molecule has 4 heteroatoms. The third kappa shape index (κ3) is 3.07. The number of amides is 1. The van der Waals surface area contributed by atoms with Crippen LogP contribution in [0.5, 0.6) is 0 Å². The minimum absolute atomic E-state index is 0.188. The SMILES string of the molecule is CCC1CN(C(=O)Cc2cccnc2)CCC1N. The van der Waals surface area contributed by atoms with Crippen molar-refractivity contribution in [2.24, 2.45) is 11.7 Å². The van der Waals surface area contributed by atoms with Crippen LogP contribution in [0.3, 0.4) is 0 Å². The molecule has 2 atom stereocenters. The molecule has 1 aliphatic rings. The summed E-state index contributed by atoms with van der Waals surface area (Å²) in [6.45, 7) is 3.73. The van der Waals surface area contributed by atoms with Crippen LogP contribution < -0.4 is 5.73 Å². The Hall–Kier alpha value is -1.42. The summed E-state index contributed by atoms with van der Waals surface area (Å²) in [5.41, 5.74) is 7.03. The van der Waals surface area contributed by atoms with Gasteiger partial charge in [0.15, 0.2) is 0 Å². The van der Waals surface area contributed by atoms with Crippen molar-refractivity contribution in [1.82, 2.24) is 9.88 Å². The van der Waals surface area contributed by atoms with E-state index in [4.69, 9.17) is 5.73 Å². The fourth-order valence-electron chi connectivity index (χ4n) is 2.50. The van der Waals surface area contributed by atoms with Crippen LogP contribution >= 0.6 is 0 Å². The first-order chi connectivity index (χ1) is 8.70. The first kappa shape index (κ1) is 13.0. The quantitative estimate of drug-likeness (QED) is 0.873. The van der Waals surface area contributed by atoms with Crippen molar-refractivity contribution >= 4 is 5.91 Å². The Labute approximate surface area is 108 Å². The van der Waals surface area contributed by atoms with Crippen LogP contribution in [0.1, 0.15) is 25.3 Å². The summed E-state index contributed by atoms with van der Waals surface area (Å²) >= 11 is 0. The predicted octanol–water partition coefficient (Wildman–Crippen LogP) is 1.21. The van der Waals surface area contributed by atoms with Crippen molar-refractivity contribution in [2.45, 2.75) is 32.2 Å². The van der Waals surface area contributed by atoms with Gasteiger partial charge in [-0.15, -0.1) is 0 Å². The summed E-state index contributed by atoms with van der Waals surface area (Å²) in [6.07, 6.45) is 5.88. The number of rotatable bonds is 3. The fourth-order valence-corrected chi connectivity index (χ4v) is 2.50. The number of aromatic nitrogens is 1. The second-order valence-corrected chi connectivity index (χ2v) is 5.00. The first-order valence-electron chi connectivity index (χ1n) is 6.63. The number of hydrogen-bond acceptors (Lipinski definition) is 3. The van der Waals surface area contributed by atoms with Gasteiger partial charge in [-0.25, -0.2) is 0 Å². The van der Waals surface area contributed by atoms with Crippen molar-refractivity contribution in [3.8, 4) is 0 Å². The fraction of sp³-hybridized carbons (Fsp3) is 0.571. The number of piperidine rings is 1. The number of pyridine rings is 1. The highest BCUT2D eigenvalue weighted by Gasteiger charge is 2.27.